The summed E-state index contributed by atoms with van der Waals surface area (Å²) in [5.74, 6) is -1.87. The molecular weight excluding hydrogens is 392 g/mol. The Morgan fingerprint density at radius 2 is 2.07 bits per heavy atom. The zero-order valence-corrected chi connectivity index (χ0v) is 15.3. The summed E-state index contributed by atoms with van der Waals surface area (Å²) in [7, 11) is 0. The van der Waals surface area contributed by atoms with Crippen molar-refractivity contribution in [3.63, 3.8) is 0 Å². The van der Waals surface area contributed by atoms with E-state index in [1.165, 1.54) is 17.5 Å². The molecule has 0 saturated carbocycles. The average Bonchev–Trinajstić information content (AvgIpc) is 3.10. The number of nitrogens with zero attached hydrogens (tertiary/aromatic N) is 2. The van der Waals surface area contributed by atoms with Crippen molar-refractivity contribution in [3.8, 4) is 17.0 Å². The fourth-order valence-corrected chi connectivity index (χ4v) is 3.06. The number of nitro benzene ring substituents is 1. The molecule has 3 aromatic rings. The Labute approximate surface area is 161 Å². The number of halogens is 2. The fraction of sp³-hybridized carbons (Fsp3) is 0.111. The van der Waals surface area contributed by atoms with Crippen molar-refractivity contribution in [1.82, 2.24) is 4.98 Å². The van der Waals surface area contributed by atoms with E-state index < -0.39 is 29.1 Å². The van der Waals surface area contributed by atoms with Gasteiger partial charge in [-0.2, -0.15) is 0 Å². The molecule has 3 rings (SSSR count). The maximum atomic E-state index is 13.8. The number of thiazole rings is 1. The summed E-state index contributed by atoms with van der Waals surface area (Å²) in [6, 6.07) is 7.31. The molecule has 0 saturated heterocycles. The summed E-state index contributed by atoms with van der Waals surface area (Å²) in [4.78, 5) is 26.5. The average molecular weight is 405 g/mol. The van der Waals surface area contributed by atoms with Crippen molar-refractivity contribution in [3.05, 3.63) is 69.1 Å². The predicted molar refractivity (Wildman–Crippen MR) is 99.4 cm³/mol. The Kier molecular flexibility index (Phi) is 5.59. The zero-order valence-electron chi connectivity index (χ0n) is 14.4. The standard InChI is InChI=1S/C18H13F2N3O4S/c1-10-2-5-15(23(25)26)16(6-10)27-8-17(24)22-18-21-14(9-28-18)12-7-11(19)3-4-13(12)20/h2-7,9H,8H2,1H3,(H,21,22,24). The summed E-state index contributed by atoms with van der Waals surface area (Å²) < 4.78 is 32.4. The SMILES string of the molecule is Cc1ccc([N+](=O)[O-])c(OCC(=O)Nc2nc(-c3cc(F)ccc3F)cs2)c1. The number of hydrogen-bond donors (Lipinski definition) is 1. The van der Waals surface area contributed by atoms with Gasteiger partial charge in [0.1, 0.15) is 11.6 Å². The lowest BCUT2D eigenvalue weighted by molar-refractivity contribution is -0.385. The van der Waals surface area contributed by atoms with E-state index in [9.17, 15) is 23.7 Å². The molecule has 10 heteroatoms. The minimum absolute atomic E-state index is 0.0246. The molecule has 0 atom stereocenters. The van der Waals surface area contributed by atoms with E-state index in [1.54, 1.807) is 13.0 Å². The number of ether oxygens (including phenoxy) is 1. The number of anilines is 1. The van der Waals surface area contributed by atoms with Crippen LogP contribution in [0.3, 0.4) is 0 Å². The first-order valence-corrected chi connectivity index (χ1v) is 8.80. The lowest BCUT2D eigenvalue weighted by Crippen LogP contribution is -2.20. The van der Waals surface area contributed by atoms with Gasteiger partial charge in [0, 0.05) is 17.0 Å². The van der Waals surface area contributed by atoms with E-state index in [2.05, 4.69) is 10.3 Å². The third kappa shape index (κ3) is 4.46. The number of nitrogens with one attached hydrogen (secondary N) is 1. The second kappa shape index (κ2) is 8.09. The Morgan fingerprint density at radius 3 is 2.82 bits per heavy atom. The van der Waals surface area contributed by atoms with Crippen LogP contribution in [0.15, 0.2) is 41.8 Å². The van der Waals surface area contributed by atoms with Crippen molar-refractivity contribution in [2.75, 3.05) is 11.9 Å². The summed E-state index contributed by atoms with van der Waals surface area (Å²) in [6.45, 7) is 1.26. The smallest absolute Gasteiger partial charge is 0.310 e. The van der Waals surface area contributed by atoms with Crippen LogP contribution in [0.5, 0.6) is 5.75 Å². The molecule has 144 valence electrons. The van der Waals surface area contributed by atoms with Gasteiger partial charge < -0.3 is 4.74 Å². The number of hydrogen-bond acceptors (Lipinski definition) is 6. The van der Waals surface area contributed by atoms with Gasteiger partial charge >= 0.3 is 5.69 Å². The normalized spacial score (nSPS) is 10.5. The van der Waals surface area contributed by atoms with Crippen LogP contribution in [0, 0.1) is 28.7 Å². The van der Waals surface area contributed by atoms with E-state index in [0.717, 1.165) is 35.1 Å². The van der Waals surface area contributed by atoms with Crippen molar-refractivity contribution in [2.45, 2.75) is 6.92 Å². The minimum atomic E-state index is -0.639. The molecule has 2 aromatic carbocycles. The van der Waals surface area contributed by atoms with Crippen LogP contribution in [-0.4, -0.2) is 22.4 Å². The first kappa shape index (κ1) is 19.4. The highest BCUT2D eigenvalue weighted by Gasteiger charge is 2.17. The topological polar surface area (TPSA) is 94.4 Å². The van der Waals surface area contributed by atoms with Crippen LogP contribution in [0.4, 0.5) is 19.6 Å². The second-order valence-corrected chi connectivity index (χ2v) is 6.59. The molecule has 1 heterocycles. The fourth-order valence-electron chi connectivity index (χ4n) is 2.34. The zero-order chi connectivity index (χ0) is 20.3. The van der Waals surface area contributed by atoms with Gasteiger partial charge in [-0.3, -0.25) is 20.2 Å². The van der Waals surface area contributed by atoms with Gasteiger partial charge in [0.05, 0.1) is 10.6 Å². The Balaban J connectivity index is 1.67. The number of aryl methyl sites for hydroxylation is 1. The maximum Gasteiger partial charge on any atom is 0.310 e. The summed E-state index contributed by atoms with van der Waals surface area (Å²) in [5, 5.41) is 15.1. The highest BCUT2D eigenvalue weighted by atomic mass is 32.1. The largest absolute Gasteiger partial charge is 0.477 e. The van der Waals surface area contributed by atoms with Gasteiger partial charge in [-0.1, -0.05) is 6.07 Å². The number of rotatable bonds is 6. The molecule has 28 heavy (non-hydrogen) atoms. The van der Waals surface area contributed by atoms with E-state index >= 15 is 0 Å². The van der Waals surface area contributed by atoms with Crippen LogP contribution in [-0.2, 0) is 4.79 Å². The molecule has 1 aromatic heterocycles. The molecular formula is C18H13F2N3O4S. The summed E-state index contributed by atoms with van der Waals surface area (Å²) in [6.07, 6.45) is 0. The van der Waals surface area contributed by atoms with Crippen LogP contribution in [0.2, 0.25) is 0 Å². The number of carbonyl (C=O) groups excluding carboxylic acids is 1. The number of carbonyl (C=O) groups is 1. The lowest BCUT2D eigenvalue weighted by Gasteiger charge is -2.07. The molecule has 1 amide bonds. The first-order chi connectivity index (χ1) is 13.3. The van der Waals surface area contributed by atoms with Crippen molar-refractivity contribution >= 4 is 28.1 Å². The molecule has 0 spiro atoms. The Morgan fingerprint density at radius 1 is 1.29 bits per heavy atom. The maximum absolute atomic E-state index is 13.8. The van der Waals surface area contributed by atoms with Crippen LogP contribution in [0.25, 0.3) is 11.3 Å². The molecule has 0 fully saturated rings. The van der Waals surface area contributed by atoms with Gasteiger partial charge in [0.25, 0.3) is 5.91 Å². The Hall–Kier alpha value is -3.40. The number of amides is 1. The van der Waals surface area contributed by atoms with Gasteiger partial charge in [-0.05, 0) is 36.8 Å². The highest BCUT2D eigenvalue weighted by molar-refractivity contribution is 7.14. The first-order valence-electron chi connectivity index (χ1n) is 7.92. The predicted octanol–water partition coefficient (Wildman–Crippen LogP) is 4.32. The van der Waals surface area contributed by atoms with Crippen LogP contribution < -0.4 is 10.1 Å². The van der Waals surface area contributed by atoms with E-state index in [1.807, 2.05) is 0 Å². The minimum Gasteiger partial charge on any atom is -0.477 e. The van der Waals surface area contributed by atoms with Crippen LogP contribution in [0.1, 0.15) is 5.56 Å². The molecule has 0 aliphatic rings. The summed E-state index contributed by atoms with van der Waals surface area (Å²) in [5.41, 5.74) is 0.634. The number of nitro groups is 1. The number of benzene rings is 2. The van der Waals surface area contributed by atoms with Gasteiger partial charge in [0.2, 0.25) is 0 Å². The van der Waals surface area contributed by atoms with Crippen molar-refractivity contribution in [1.29, 1.82) is 0 Å². The molecule has 0 radical (unpaired) electrons. The Bertz CT molecular complexity index is 1060. The molecule has 0 unspecified atom stereocenters. The van der Waals surface area contributed by atoms with E-state index in [4.69, 9.17) is 4.74 Å². The lowest BCUT2D eigenvalue weighted by atomic mass is 10.1. The highest BCUT2D eigenvalue weighted by Crippen LogP contribution is 2.29. The van der Waals surface area contributed by atoms with E-state index in [-0.39, 0.29) is 27.8 Å². The quantitative estimate of drug-likeness (QED) is 0.487. The molecule has 0 aliphatic heterocycles. The third-order valence-corrected chi connectivity index (χ3v) is 4.38. The van der Waals surface area contributed by atoms with Crippen molar-refractivity contribution in [2.24, 2.45) is 0 Å². The molecule has 1 N–H and O–H groups in total. The molecule has 0 bridgehead atoms. The molecule has 7 nitrogen and oxygen atoms in total. The third-order valence-electron chi connectivity index (χ3n) is 3.63. The molecule has 0 aliphatic carbocycles. The van der Waals surface area contributed by atoms with Gasteiger partial charge in [-0.25, -0.2) is 13.8 Å². The van der Waals surface area contributed by atoms with Gasteiger partial charge in [-0.15, -0.1) is 11.3 Å². The van der Waals surface area contributed by atoms with Gasteiger partial charge in [0.15, 0.2) is 17.5 Å². The van der Waals surface area contributed by atoms with Crippen molar-refractivity contribution < 1.29 is 23.2 Å². The van der Waals surface area contributed by atoms with Crippen LogP contribution >= 0.6 is 11.3 Å². The van der Waals surface area contributed by atoms with E-state index in [0.29, 0.717) is 0 Å². The second-order valence-electron chi connectivity index (χ2n) is 5.73. The number of aromatic nitrogens is 1. The summed E-state index contributed by atoms with van der Waals surface area (Å²) >= 11 is 1.02. The monoisotopic (exact) mass is 405 g/mol.